The van der Waals surface area contributed by atoms with Crippen molar-refractivity contribution in [2.45, 2.75) is 32.7 Å². The quantitative estimate of drug-likeness (QED) is 0.333. The zero-order chi connectivity index (χ0) is 24.1. The van der Waals surface area contributed by atoms with Gasteiger partial charge in [0.15, 0.2) is 17.1 Å². The van der Waals surface area contributed by atoms with E-state index >= 15 is 0 Å². The van der Waals surface area contributed by atoms with Crippen LogP contribution in [-0.4, -0.2) is 43.5 Å². The number of rotatable bonds is 5. The van der Waals surface area contributed by atoms with Crippen LogP contribution >= 0.6 is 0 Å². The summed E-state index contributed by atoms with van der Waals surface area (Å²) in [6.07, 6.45) is 3.55. The summed E-state index contributed by atoms with van der Waals surface area (Å²) in [5, 5.41) is 8.35. The van der Waals surface area contributed by atoms with Gasteiger partial charge in [0.05, 0.1) is 22.8 Å². The molecule has 1 aliphatic rings. The molecular formula is C27H27N5O3. The minimum absolute atomic E-state index is 0.0108. The molecule has 4 aromatic heterocycles. The number of pyridine rings is 1. The Labute approximate surface area is 202 Å². The minimum Gasteiger partial charge on any atom is -0.450 e. The Kier molecular flexibility index (Phi) is 5.25. The molecule has 1 atom stereocenters. The first-order chi connectivity index (χ1) is 17.0. The van der Waals surface area contributed by atoms with Crippen LogP contribution in [0.3, 0.4) is 0 Å². The molecular weight excluding hydrogens is 442 g/mol. The second-order valence-electron chi connectivity index (χ2n) is 9.30. The molecule has 0 radical (unpaired) electrons. The monoisotopic (exact) mass is 469 g/mol. The molecule has 0 bridgehead atoms. The van der Waals surface area contributed by atoms with E-state index in [4.69, 9.17) is 14.1 Å². The van der Waals surface area contributed by atoms with Crippen molar-refractivity contribution < 1.29 is 13.9 Å². The fourth-order valence-electron chi connectivity index (χ4n) is 5.39. The lowest BCUT2D eigenvalue weighted by atomic mass is 9.86. The predicted molar refractivity (Wildman–Crippen MR) is 132 cm³/mol. The van der Waals surface area contributed by atoms with E-state index in [9.17, 15) is 4.79 Å². The number of carbonyl (C=O) groups excluding carboxylic acids is 1. The number of ether oxygens (including phenoxy) is 1. The summed E-state index contributed by atoms with van der Waals surface area (Å²) >= 11 is 0. The summed E-state index contributed by atoms with van der Waals surface area (Å²) in [5.74, 6) is 1.06. The molecule has 0 saturated carbocycles. The fourth-order valence-corrected chi connectivity index (χ4v) is 5.39. The number of hydrogen-bond acceptors (Lipinski definition) is 6. The summed E-state index contributed by atoms with van der Waals surface area (Å²) < 4.78 is 16.2. The number of benzene rings is 1. The van der Waals surface area contributed by atoms with Crippen molar-refractivity contribution in [3.63, 3.8) is 0 Å². The number of Topliss-reactive ketones (excluding diaryl/α,β-unsaturated/α-hetero) is 1. The van der Waals surface area contributed by atoms with Gasteiger partial charge in [-0.05, 0) is 44.2 Å². The van der Waals surface area contributed by atoms with E-state index in [1.807, 2.05) is 26.1 Å². The number of ketones is 1. The highest BCUT2D eigenvalue weighted by Gasteiger charge is 2.32. The Morgan fingerprint density at radius 1 is 1.11 bits per heavy atom. The molecule has 1 saturated heterocycles. The van der Waals surface area contributed by atoms with Crippen molar-refractivity contribution in [2.75, 3.05) is 13.2 Å². The van der Waals surface area contributed by atoms with Crippen LogP contribution in [0.25, 0.3) is 33.6 Å². The molecule has 5 heterocycles. The average Bonchev–Trinajstić information content (AvgIpc) is 3.53. The van der Waals surface area contributed by atoms with Crippen molar-refractivity contribution in [1.82, 2.24) is 24.5 Å². The molecule has 0 aliphatic carbocycles. The van der Waals surface area contributed by atoms with E-state index in [2.05, 4.69) is 45.2 Å². The molecule has 0 spiro atoms. The lowest BCUT2D eigenvalue weighted by molar-refractivity contribution is 0.0553. The van der Waals surface area contributed by atoms with Crippen molar-refractivity contribution in [3.8, 4) is 11.5 Å². The Bertz CT molecular complexity index is 1520. The Morgan fingerprint density at radius 3 is 2.57 bits per heavy atom. The second kappa shape index (κ2) is 8.46. The van der Waals surface area contributed by atoms with Gasteiger partial charge >= 0.3 is 0 Å². The maximum Gasteiger partial charge on any atom is 0.179 e. The first kappa shape index (κ1) is 21.7. The van der Waals surface area contributed by atoms with Gasteiger partial charge in [-0.3, -0.25) is 4.79 Å². The van der Waals surface area contributed by atoms with E-state index < -0.39 is 0 Å². The van der Waals surface area contributed by atoms with Crippen molar-refractivity contribution >= 4 is 27.9 Å². The summed E-state index contributed by atoms with van der Waals surface area (Å²) in [6.45, 7) is 4.98. The summed E-state index contributed by atoms with van der Waals surface area (Å²) in [6, 6.07) is 14.6. The number of aromatic nitrogens is 5. The second-order valence-corrected chi connectivity index (χ2v) is 9.30. The Hall–Kier alpha value is -3.78. The van der Waals surface area contributed by atoms with Gasteiger partial charge in [-0.25, -0.2) is 9.67 Å². The Morgan fingerprint density at radius 2 is 1.89 bits per heavy atom. The molecule has 35 heavy (non-hydrogen) atoms. The Balaban J connectivity index is 1.67. The number of fused-ring (bicyclic) bond motifs is 3. The largest absolute Gasteiger partial charge is 0.450 e. The van der Waals surface area contributed by atoms with Crippen LogP contribution in [0.2, 0.25) is 0 Å². The molecule has 1 fully saturated rings. The van der Waals surface area contributed by atoms with Crippen molar-refractivity contribution in [1.29, 1.82) is 0 Å². The van der Waals surface area contributed by atoms with Crippen LogP contribution in [0.5, 0.6) is 0 Å². The normalized spacial score (nSPS) is 15.7. The molecule has 1 aromatic carbocycles. The molecule has 0 amide bonds. The molecule has 1 unspecified atom stereocenters. The third kappa shape index (κ3) is 3.56. The maximum atomic E-state index is 12.3. The van der Waals surface area contributed by atoms with E-state index in [1.54, 1.807) is 17.8 Å². The highest BCUT2D eigenvalue weighted by atomic mass is 16.5. The molecule has 8 heteroatoms. The highest BCUT2D eigenvalue weighted by molar-refractivity contribution is 6.06. The zero-order valence-electron chi connectivity index (χ0n) is 20.1. The standard InChI is InChI=1S/C27H27N5O3/c1-16-25(31(3)30-29-16)23-14-22-27(35-23)24-21(13-20(15-28-24)17(2)33)32(22)26(18-7-5-4-6-8-18)19-9-11-34-12-10-19/h4-8,13-15,19,26H,9-12H2,1-3H3. The summed E-state index contributed by atoms with van der Waals surface area (Å²) in [4.78, 5) is 17.0. The third-order valence-corrected chi connectivity index (χ3v) is 7.08. The molecule has 5 aromatic rings. The maximum absolute atomic E-state index is 12.3. The third-order valence-electron chi connectivity index (χ3n) is 7.08. The van der Waals surface area contributed by atoms with Gasteiger partial charge in [-0.2, -0.15) is 0 Å². The van der Waals surface area contributed by atoms with Gasteiger partial charge in [-0.1, -0.05) is 35.5 Å². The number of aryl methyl sites for hydroxylation is 2. The van der Waals surface area contributed by atoms with Crippen LogP contribution in [0.1, 0.15) is 47.4 Å². The molecule has 178 valence electrons. The van der Waals surface area contributed by atoms with E-state index in [1.165, 1.54) is 5.56 Å². The molecule has 8 nitrogen and oxygen atoms in total. The van der Waals surface area contributed by atoms with E-state index in [0.717, 1.165) is 54.0 Å². The first-order valence-corrected chi connectivity index (χ1v) is 12.0. The van der Waals surface area contributed by atoms with Crippen LogP contribution in [0.15, 0.2) is 53.1 Å². The van der Waals surface area contributed by atoms with Gasteiger partial charge in [0.1, 0.15) is 11.2 Å². The number of hydrogen-bond donors (Lipinski definition) is 0. The van der Waals surface area contributed by atoms with E-state index in [-0.39, 0.29) is 11.8 Å². The molecule has 6 rings (SSSR count). The smallest absolute Gasteiger partial charge is 0.179 e. The summed E-state index contributed by atoms with van der Waals surface area (Å²) in [5.41, 5.74) is 6.74. The summed E-state index contributed by atoms with van der Waals surface area (Å²) in [7, 11) is 1.86. The van der Waals surface area contributed by atoms with Crippen LogP contribution in [0.4, 0.5) is 0 Å². The van der Waals surface area contributed by atoms with Gasteiger partial charge in [0.25, 0.3) is 0 Å². The number of carbonyl (C=O) groups is 1. The zero-order valence-corrected chi connectivity index (χ0v) is 20.1. The van der Waals surface area contributed by atoms with E-state index in [0.29, 0.717) is 22.8 Å². The van der Waals surface area contributed by atoms with Crippen molar-refractivity contribution in [2.24, 2.45) is 13.0 Å². The number of nitrogens with zero attached hydrogens (tertiary/aromatic N) is 5. The van der Waals surface area contributed by atoms with Crippen LogP contribution < -0.4 is 0 Å². The van der Waals surface area contributed by atoms with Crippen LogP contribution in [-0.2, 0) is 11.8 Å². The predicted octanol–water partition coefficient (Wildman–Crippen LogP) is 5.11. The highest BCUT2D eigenvalue weighted by Crippen LogP contribution is 2.42. The topological polar surface area (TPSA) is 88.0 Å². The van der Waals surface area contributed by atoms with Gasteiger partial charge < -0.3 is 13.7 Å². The fraction of sp³-hybridized carbons (Fsp3) is 0.333. The number of furan rings is 1. The molecule has 1 aliphatic heterocycles. The molecule has 0 N–H and O–H groups in total. The lowest BCUT2D eigenvalue weighted by Gasteiger charge is -2.32. The van der Waals surface area contributed by atoms with Crippen LogP contribution in [0, 0.1) is 12.8 Å². The first-order valence-electron chi connectivity index (χ1n) is 12.0. The average molecular weight is 470 g/mol. The van der Waals surface area contributed by atoms with Gasteiger partial charge in [-0.15, -0.1) is 5.10 Å². The van der Waals surface area contributed by atoms with Gasteiger partial charge in [0, 0.05) is 38.1 Å². The lowest BCUT2D eigenvalue weighted by Crippen LogP contribution is -2.26. The SMILES string of the molecule is CC(=O)c1cnc2c3oc(-c4c(C)nnn4C)cc3n(C(c3ccccc3)C3CCOCC3)c2c1. The minimum atomic E-state index is -0.0108. The van der Waals surface area contributed by atoms with Gasteiger partial charge in [0.2, 0.25) is 0 Å². The van der Waals surface area contributed by atoms with Crippen molar-refractivity contribution in [3.05, 3.63) is 65.5 Å².